The molecular formula is C10H20N+. The molecule has 1 aliphatic heterocycles. The quantitative estimate of drug-likeness (QED) is 0.528. The Bertz CT molecular complexity index is 131. The summed E-state index contributed by atoms with van der Waals surface area (Å²) < 4.78 is 0. The molecule has 1 aliphatic carbocycles. The van der Waals surface area contributed by atoms with Crippen LogP contribution in [0.15, 0.2) is 0 Å². The summed E-state index contributed by atoms with van der Waals surface area (Å²) in [7, 11) is 2.39. The number of hydrogen-bond donors (Lipinski definition) is 1. The second-order valence-electron chi connectivity index (χ2n) is 4.39. The minimum atomic E-state index is 1.04. The standard InChI is InChI=1S/C10H19N/c1-11-8-4-6-9-5-2-3-7-10(9)11/h9-10H,2-8H2,1H3/p+1/t9-,10-/m0/s1. The van der Waals surface area contributed by atoms with Crippen molar-refractivity contribution in [3.05, 3.63) is 0 Å². The van der Waals surface area contributed by atoms with Gasteiger partial charge in [0.1, 0.15) is 0 Å². The third-order valence-corrected chi connectivity index (χ3v) is 3.69. The second kappa shape index (κ2) is 3.14. The zero-order chi connectivity index (χ0) is 7.68. The van der Waals surface area contributed by atoms with E-state index in [9.17, 15) is 0 Å². The van der Waals surface area contributed by atoms with Gasteiger partial charge in [-0.3, -0.25) is 0 Å². The van der Waals surface area contributed by atoms with Gasteiger partial charge in [-0.2, -0.15) is 0 Å². The fourth-order valence-corrected chi connectivity index (χ4v) is 3.03. The molecule has 1 unspecified atom stereocenters. The van der Waals surface area contributed by atoms with Crippen molar-refractivity contribution >= 4 is 0 Å². The number of rotatable bonds is 0. The Balaban J connectivity index is 1.99. The Kier molecular flexibility index (Phi) is 2.17. The molecular weight excluding hydrogens is 134 g/mol. The van der Waals surface area contributed by atoms with Gasteiger partial charge in [0.15, 0.2) is 0 Å². The van der Waals surface area contributed by atoms with Gasteiger partial charge in [0.25, 0.3) is 0 Å². The van der Waals surface area contributed by atoms with Gasteiger partial charge in [0, 0.05) is 5.92 Å². The maximum absolute atomic E-state index is 2.39. The van der Waals surface area contributed by atoms with Crippen LogP contribution in [0, 0.1) is 5.92 Å². The lowest BCUT2D eigenvalue weighted by Gasteiger charge is -2.39. The van der Waals surface area contributed by atoms with Crippen molar-refractivity contribution in [1.82, 2.24) is 0 Å². The summed E-state index contributed by atoms with van der Waals surface area (Å²) in [4.78, 5) is 1.82. The van der Waals surface area contributed by atoms with E-state index in [1.165, 1.54) is 45.1 Å². The highest BCUT2D eigenvalue weighted by Gasteiger charge is 2.33. The number of hydrogen-bond acceptors (Lipinski definition) is 0. The molecule has 64 valence electrons. The molecule has 0 radical (unpaired) electrons. The van der Waals surface area contributed by atoms with Crippen molar-refractivity contribution in [2.24, 2.45) is 5.92 Å². The van der Waals surface area contributed by atoms with Gasteiger partial charge in [-0.25, -0.2) is 0 Å². The average Bonchev–Trinajstić information content (AvgIpc) is 2.06. The van der Waals surface area contributed by atoms with Crippen LogP contribution in [0.3, 0.4) is 0 Å². The molecule has 1 N–H and O–H groups in total. The van der Waals surface area contributed by atoms with Crippen molar-refractivity contribution in [1.29, 1.82) is 0 Å². The molecule has 0 bridgehead atoms. The summed E-state index contributed by atoms with van der Waals surface area (Å²) in [5.41, 5.74) is 0. The number of fused-ring (bicyclic) bond motifs is 1. The Morgan fingerprint density at radius 3 is 2.55 bits per heavy atom. The minimum Gasteiger partial charge on any atom is -0.335 e. The zero-order valence-electron chi connectivity index (χ0n) is 7.60. The predicted octanol–water partition coefficient (Wildman–Crippen LogP) is 0.854. The van der Waals surface area contributed by atoms with E-state index in [0.717, 1.165) is 12.0 Å². The van der Waals surface area contributed by atoms with Gasteiger partial charge in [0.05, 0.1) is 19.6 Å². The van der Waals surface area contributed by atoms with Crippen molar-refractivity contribution < 1.29 is 4.90 Å². The van der Waals surface area contributed by atoms with E-state index in [1.807, 2.05) is 4.90 Å². The van der Waals surface area contributed by atoms with E-state index in [-0.39, 0.29) is 0 Å². The van der Waals surface area contributed by atoms with Gasteiger partial charge >= 0.3 is 0 Å². The van der Waals surface area contributed by atoms with E-state index in [2.05, 4.69) is 7.05 Å². The molecule has 1 nitrogen and oxygen atoms in total. The third kappa shape index (κ3) is 1.44. The molecule has 0 aromatic heterocycles. The van der Waals surface area contributed by atoms with Crippen LogP contribution in [0.25, 0.3) is 0 Å². The first-order valence-corrected chi connectivity index (χ1v) is 5.20. The molecule has 0 aromatic carbocycles. The number of piperidine rings is 1. The number of likely N-dealkylation sites (tertiary alicyclic amines) is 1. The van der Waals surface area contributed by atoms with Crippen LogP contribution in [0.2, 0.25) is 0 Å². The van der Waals surface area contributed by atoms with Crippen LogP contribution < -0.4 is 4.90 Å². The average molecular weight is 154 g/mol. The molecule has 0 aromatic rings. The summed E-state index contributed by atoms with van der Waals surface area (Å²) in [6, 6.07) is 1.04. The highest BCUT2D eigenvalue weighted by atomic mass is 15.1. The summed E-state index contributed by atoms with van der Waals surface area (Å²) in [6.07, 6.45) is 9.06. The molecule has 2 fully saturated rings. The second-order valence-corrected chi connectivity index (χ2v) is 4.39. The lowest BCUT2D eigenvalue weighted by molar-refractivity contribution is -0.917. The summed E-state index contributed by atoms with van der Waals surface area (Å²) >= 11 is 0. The molecule has 0 spiro atoms. The molecule has 3 atom stereocenters. The fourth-order valence-electron chi connectivity index (χ4n) is 3.03. The smallest absolute Gasteiger partial charge is 0.0901 e. The van der Waals surface area contributed by atoms with Crippen LogP contribution in [0.5, 0.6) is 0 Å². The van der Waals surface area contributed by atoms with Gasteiger partial charge in [-0.1, -0.05) is 6.42 Å². The lowest BCUT2D eigenvalue weighted by atomic mass is 9.79. The maximum atomic E-state index is 2.39. The largest absolute Gasteiger partial charge is 0.335 e. The Morgan fingerprint density at radius 2 is 1.73 bits per heavy atom. The van der Waals surface area contributed by atoms with Gasteiger partial charge in [0.2, 0.25) is 0 Å². The predicted molar refractivity (Wildman–Crippen MR) is 46.7 cm³/mol. The summed E-state index contributed by atoms with van der Waals surface area (Å²) in [5, 5.41) is 0. The van der Waals surface area contributed by atoms with Crippen LogP contribution in [-0.4, -0.2) is 19.6 Å². The van der Waals surface area contributed by atoms with Crippen molar-refractivity contribution in [2.45, 2.75) is 44.6 Å². The Labute approximate surface area is 69.8 Å². The molecule has 1 heteroatoms. The first kappa shape index (κ1) is 7.60. The van der Waals surface area contributed by atoms with Crippen molar-refractivity contribution in [3.8, 4) is 0 Å². The molecule has 1 saturated carbocycles. The van der Waals surface area contributed by atoms with Crippen molar-refractivity contribution in [3.63, 3.8) is 0 Å². The minimum absolute atomic E-state index is 1.04. The molecule has 1 heterocycles. The van der Waals surface area contributed by atoms with E-state index >= 15 is 0 Å². The Morgan fingerprint density at radius 1 is 1.00 bits per heavy atom. The maximum Gasteiger partial charge on any atom is 0.0901 e. The van der Waals surface area contributed by atoms with Crippen LogP contribution >= 0.6 is 0 Å². The van der Waals surface area contributed by atoms with Crippen LogP contribution in [0.1, 0.15) is 38.5 Å². The SMILES string of the molecule is C[NH+]1CCC[C@@H]2CCCC[C@@H]21. The number of quaternary nitrogens is 1. The third-order valence-electron chi connectivity index (χ3n) is 3.69. The molecule has 2 rings (SSSR count). The van der Waals surface area contributed by atoms with Gasteiger partial charge in [-0.15, -0.1) is 0 Å². The molecule has 1 saturated heterocycles. The topological polar surface area (TPSA) is 4.44 Å². The van der Waals surface area contributed by atoms with Crippen LogP contribution in [-0.2, 0) is 0 Å². The van der Waals surface area contributed by atoms with E-state index < -0.39 is 0 Å². The van der Waals surface area contributed by atoms with E-state index in [1.54, 1.807) is 0 Å². The van der Waals surface area contributed by atoms with Gasteiger partial charge < -0.3 is 4.90 Å². The van der Waals surface area contributed by atoms with E-state index in [0.29, 0.717) is 0 Å². The highest BCUT2D eigenvalue weighted by Crippen LogP contribution is 2.27. The highest BCUT2D eigenvalue weighted by molar-refractivity contribution is 4.76. The number of nitrogens with one attached hydrogen (secondary N) is 1. The summed E-state index contributed by atoms with van der Waals surface area (Å²) in [6.45, 7) is 1.43. The first-order chi connectivity index (χ1) is 5.38. The zero-order valence-corrected chi connectivity index (χ0v) is 7.60. The first-order valence-electron chi connectivity index (χ1n) is 5.20. The van der Waals surface area contributed by atoms with E-state index in [4.69, 9.17) is 0 Å². The molecule has 2 aliphatic rings. The van der Waals surface area contributed by atoms with Crippen molar-refractivity contribution in [2.75, 3.05) is 13.6 Å². The summed E-state index contributed by atoms with van der Waals surface area (Å²) in [5.74, 6) is 1.09. The lowest BCUT2D eigenvalue weighted by Crippen LogP contribution is -3.15. The monoisotopic (exact) mass is 154 g/mol. The molecule has 11 heavy (non-hydrogen) atoms. The van der Waals surface area contributed by atoms with Gasteiger partial charge in [-0.05, 0) is 32.1 Å². The fraction of sp³-hybridized carbons (Fsp3) is 1.00. The van der Waals surface area contributed by atoms with Crippen LogP contribution in [0.4, 0.5) is 0 Å². The Hall–Kier alpha value is -0.0400. The molecule has 0 amide bonds. The normalized spacial score (nSPS) is 45.0.